The number of benzene rings is 3. The zero-order chi connectivity index (χ0) is 21.3. The van der Waals surface area contributed by atoms with E-state index in [1.54, 1.807) is 24.3 Å². The molecule has 6 heteroatoms. The molecule has 0 radical (unpaired) electrons. The van der Waals surface area contributed by atoms with Gasteiger partial charge < -0.3 is 9.73 Å². The Morgan fingerprint density at radius 1 is 0.933 bits per heavy atom. The van der Waals surface area contributed by atoms with E-state index >= 15 is 0 Å². The summed E-state index contributed by atoms with van der Waals surface area (Å²) < 4.78 is 33.0. The molecule has 1 heterocycles. The molecule has 1 aromatic heterocycles. The van der Waals surface area contributed by atoms with Crippen LogP contribution in [0.15, 0.2) is 76.1 Å². The van der Waals surface area contributed by atoms with Gasteiger partial charge >= 0.3 is 0 Å². The van der Waals surface area contributed by atoms with Gasteiger partial charge in [-0.15, -0.1) is 0 Å². The number of hydrogen-bond donors (Lipinski definition) is 1. The molecule has 0 aliphatic rings. The molecular weight excluding hydrogens is 386 g/mol. The average molecular weight is 404 g/mol. The van der Waals surface area contributed by atoms with Crippen LogP contribution >= 0.6 is 0 Å². The highest BCUT2D eigenvalue weighted by Gasteiger charge is 2.14. The molecule has 4 nitrogen and oxygen atoms in total. The molecule has 150 valence electrons. The number of hydrogen-bond acceptors (Lipinski definition) is 3. The van der Waals surface area contributed by atoms with Crippen LogP contribution in [0.4, 0.5) is 20.2 Å². The molecule has 0 fully saturated rings. The predicted molar refractivity (Wildman–Crippen MR) is 112 cm³/mol. The lowest BCUT2D eigenvalue weighted by Gasteiger charge is -2.10. The molecule has 0 aliphatic heterocycles. The van der Waals surface area contributed by atoms with Gasteiger partial charge in [0.05, 0.1) is 5.69 Å². The summed E-state index contributed by atoms with van der Waals surface area (Å²) in [5.74, 6) is -1.97. The molecule has 0 atom stereocenters. The van der Waals surface area contributed by atoms with Crippen LogP contribution in [0.1, 0.15) is 21.5 Å². The minimum absolute atomic E-state index is 0.00657. The number of carbonyl (C=O) groups is 1. The van der Waals surface area contributed by atoms with E-state index in [4.69, 9.17) is 4.42 Å². The summed E-state index contributed by atoms with van der Waals surface area (Å²) in [6, 6.07) is 17.4. The Hall–Kier alpha value is -3.80. The van der Waals surface area contributed by atoms with Gasteiger partial charge in [0.25, 0.3) is 5.91 Å². The van der Waals surface area contributed by atoms with Gasteiger partial charge in [-0.25, -0.2) is 13.8 Å². The molecule has 30 heavy (non-hydrogen) atoms. The van der Waals surface area contributed by atoms with E-state index in [0.29, 0.717) is 16.7 Å². The van der Waals surface area contributed by atoms with Crippen LogP contribution in [0.3, 0.4) is 0 Å². The maximum atomic E-state index is 13.6. The van der Waals surface area contributed by atoms with Crippen molar-refractivity contribution in [1.29, 1.82) is 0 Å². The SMILES string of the molecule is Cc1ccc(NC(=O)c2cc3ccccc3oc2=Nc2cc(F)cc(F)c2)c(C)c1. The predicted octanol–water partition coefficient (Wildman–Crippen LogP) is 5.81. The van der Waals surface area contributed by atoms with Gasteiger partial charge in [-0.05, 0) is 49.7 Å². The second-order valence-electron chi connectivity index (χ2n) is 7.02. The summed E-state index contributed by atoms with van der Waals surface area (Å²) in [5.41, 5.74) is 3.26. The molecule has 3 aromatic carbocycles. The third kappa shape index (κ3) is 4.12. The topological polar surface area (TPSA) is 54.6 Å². The number of rotatable bonds is 3. The van der Waals surface area contributed by atoms with Crippen molar-refractivity contribution >= 4 is 28.3 Å². The van der Waals surface area contributed by atoms with Gasteiger partial charge in [-0.3, -0.25) is 4.79 Å². The van der Waals surface area contributed by atoms with Gasteiger partial charge in [-0.2, -0.15) is 0 Å². The summed E-state index contributed by atoms with van der Waals surface area (Å²) in [7, 11) is 0. The molecule has 0 spiro atoms. The van der Waals surface area contributed by atoms with Crippen molar-refractivity contribution in [3.63, 3.8) is 0 Å². The van der Waals surface area contributed by atoms with Gasteiger partial charge in [0, 0.05) is 17.1 Å². The number of halogens is 2. The van der Waals surface area contributed by atoms with Gasteiger partial charge in [0.2, 0.25) is 5.55 Å². The fraction of sp³-hybridized carbons (Fsp3) is 0.0833. The van der Waals surface area contributed by atoms with E-state index in [0.717, 1.165) is 29.3 Å². The first kappa shape index (κ1) is 19.5. The van der Waals surface area contributed by atoms with Crippen LogP contribution in [-0.2, 0) is 0 Å². The smallest absolute Gasteiger partial charge is 0.261 e. The minimum atomic E-state index is -0.768. The number of carbonyl (C=O) groups excluding carboxylic acids is 1. The zero-order valence-electron chi connectivity index (χ0n) is 16.4. The standard InChI is InChI=1S/C24H18F2N2O2/c1-14-7-8-21(15(2)9-14)28-23(29)20-10-16-5-3-4-6-22(16)30-24(20)27-19-12-17(25)11-18(26)13-19/h3-13H,1-2H3,(H,28,29). The third-order valence-corrected chi connectivity index (χ3v) is 4.61. The molecule has 1 N–H and O–H groups in total. The van der Waals surface area contributed by atoms with E-state index in [1.807, 2.05) is 38.1 Å². The normalized spacial score (nSPS) is 11.7. The highest BCUT2D eigenvalue weighted by atomic mass is 19.1. The number of nitrogens with zero attached hydrogens (tertiary/aromatic N) is 1. The van der Waals surface area contributed by atoms with Gasteiger partial charge in [0.15, 0.2) is 0 Å². The fourth-order valence-electron chi connectivity index (χ4n) is 3.18. The van der Waals surface area contributed by atoms with Crippen LogP contribution in [0.5, 0.6) is 0 Å². The quantitative estimate of drug-likeness (QED) is 0.468. The van der Waals surface area contributed by atoms with E-state index < -0.39 is 17.5 Å². The van der Waals surface area contributed by atoms with E-state index in [-0.39, 0.29) is 16.8 Å². The molecule has 1 amide bonds. The molecule has 0 aliphatic carbocycles. The van der Waals surface area contributed by atoms with Crippen LogP contribution < -0.4 is 10.9 Å². The second-order valence-corrected chi connectivity index (χ2v) is 7.02. The summed E-state index contributed by atoms with van der Waals surface area (Å²) in [6.45, 7) is 3.87. The van der Waals surface area contributed by atoms with E-state index in [1.165, 1.54) is 0 Å². The Bertz CT molecular complexity index is 1320. The Morgan fingerprint density at radius 3 is 2.40 bits per heavy atom. The van der Waals surface area contributed by atoms with Crippen molar-refractivity contribution in [2.45, 2.75) is 13.8 Å². The lowest BCUT2D eigenvalue weighted by atomic mass is 10.1. The molecule has 0 saturated carbocycles. The molecular formula is C24H18F2N2O2. The lowest BCUT2D eigenvalue weighted by Crippen LogP contribution is -2.22. The molecule has 4 rings (SSSR count). The second kappa shape index (κ2) is 7.91. The van der Waals surface area contributed by atoms with Crippen LogP contribution in [0.2, 0.25) is 0 Å². The summed E-state index contributed by atoms with van der Waals surface area (Å²) in [4.78, 5) is 17.3. The summed E-state index contributed by atoms with van der Waals surface area (Å²) in [5, 5.41) is 3.56. The van der Waals surface area contributed by atoms with Crippen LogP contribution in [0, 0.1) is 25.5 Å². The van der Waals surface area contributed by atoms with E-state index in [9.17, 15) is 13.6 Å². The monoisotopic (exact) mass is 404 g/mol. The van der Waals surface area contributed by atoms with Crippen molar-refractivity contribution in [1.82, 2.24) is 0 Å². The van der Waals surface area contributed by atoms with Gasteiger partial charge in [-0.1, -0.05) is 35.9 Å². The van der Waals surface area contributed by atoms with Crippen molar-refractivity contribution in [2.75, 3.05) is 5.32 Å². The van der Waals surface area contributed by atoms with Crippen molar-refractivity contribution in [3.05, 3.63) is 101 Å². The van der Waals surface area contributed by atoms with Crippen molar-refractivity contribution < 1.29 is 18.0 Å². The molecule has 4 aromatic rings. The van der Waals surface area contributed by atoms with Crippen LogP contribution in [-0.4, -0.2) is 5.91 Å². The number of anilines is 1. The molecule has 0 bridgehead atoms. The first-order chi connectivity index (χ1) is 14.4. The lowest BCUT2D eigenvalue weighted by molar-refractivity contribution is 0.102. The summed E-state index contributed by atoms with van der Waals surface area (Å²) >= 11 is 0. The Labute approximate surface area is 171 Å². The summed E-state index contributed by atoms with van der Waals surface area (Å²) in [6.07, 6.45) is 0. The molecule has 0 saturated heterocycles. The zero-order valence-corrected chi connectivity index (χ0v) is 16.4. The van der Waals surface area contributed by atoms with Crippen LogP contribution in [0.25, 0.3) is 11.0 Å². The highest BCUT2D eigenvalue weighted by Crippen LogP contribution is 2.20. The minimum Gasteiger partial charge on any atom is -0.438 e. The van der Waals surface area contributed by atoms with E-state index in [2.05, 4.69) is 10.3 Å². The number of fused-ring (bicyclic) bond motifs is 1. The Balaban J connectivity index is 1.85. The first-order valence-corrected chi connectivity index (χ1v) is 9.31. The maximum absolute atomic E-state index is 13.6. The largest absolute Gasteiger partial charge is 0.438 e. The Morgan fingerprint density at radius 2 is 1.67 bits per heavy atom. The third-order valence-electron chi connectivity index (χ3n) is 4.61. The number of amides is 1. The first-order valence-electron chi connectivity index (χ1n) is 9.31. The highest BCUT2D eigenvalue weighted by molar-refractivity contribution is 6.05. The number of nitrogens with one attached hydrogen (secondary N) is 1. The van der Waals surface area contributed by atoms with Crippen molar-refractivity contribution in [3.8, 4) is 0 Å². The van der Waals surface area contributed by atoms with Crippen molar-refractivity contribution in [2.24, 2.45) is 4.99 Å². The Kier molecular flexibility index (Phi) is 5.14. The maximum Gasteiger partial charge on any atom is 0.261 e. The number of aryl methyl sites for hydroxylation is 2. The fourth-order valence-corrected chi connectivity index (χ4v) is 3.18. The number of para-hydroxylation sites is 1. The average Bonchev–Trinajstić information content (AvgIpc) is 2.68. The molecule has 0 unspecified atom stereocenters. The van der Waals surface area contributed by atoms with Gasteiger partial charge in [0.1, 0.15) is 22.8 Å².